The highest BCUT2D eigenvalue weighted by Crippen LogP contribution is 2.37. The van der Waals surface area contributed by atoms with E-state index >= 15 is 0 Å². The number of para-hydroxylation sites is 1. The van der Waals surface area contributed by atoms with Gasteiger partial charge in [-0.15, -0.1) is 0 Å². The lowest BCUT2D eigenvalue weighted by Gasteiger charge is -2.09. The SMILES string of the molecule is COc1cccc(-c2noc(-c3ccc(NCc4ccccc4)nc3)n2)c1OC. The van der Waals surface area contributed by atoms with Crippen molar-refractivity contribution in [1.29, 1.82) is 0 Å². The summed E-state index contributed by atoms with van der Waals surface area (Å²) in [6, 6.07) is 19.4. The minimum atomic E-state index is 0.381. The summed E-state index contributed by atoms with van der Waals surface area (Å²) in [6.07, 6.45) is 1.70. The van der Waals surface area contributed by atoms with Crippen molar-refractivity contribution in [3.63, 3.8) is 0 Å². The number of nitrogens with zero attached hydrogens (tertiary/aromatic N) is 3. The van der Waals surface area contributed by atoms with E-state index < -0.39 is 0 Å². The van der Waals surface area contributed by atoms with Crippen molar-refractivity contribution in [2.24, 2.45) is 0 Å². The van der Waals surface area contributed by atoms with E-state index in [2.05, 4.69) is 32.6 Å². The number of pyridine rings is 1. The van der Waals surface area contributed by atoms with Crippen LogP contribution >= 0.6 is 0 Å². The highest BCUT2D eigenvalue weighted by Gasteiger charge is 2.17. The number of benzene rings is 2. The molecule has 0 radical (unpaired) electrons. The Kier molecular flexibility index (Phi) is 5.38. The average Bonchev–Trinajstić information content (AvgIpc) is 3.28. The first-order valence-electron chi connectivity index (χ1n) is 9.08. The van der Waals surface area contributed by atoms with Crippen LogP contribution in [0.5, 0.6) is 11.5 Å². The van der Waals surface area contributed by atoms with Crippen LogP contribution in [-0.2, 0) is 6.54 Å². The molecular weight excluding hydrogens is 368 g/mol. The van der Waals surface area contributed by atoms with Crippen molar-refractivity contribution >= 4 is 5.82 Å². The maximum Gasteiger partial charge on any atom is 0.259 e. The molecule has 0 aliphatic carbocycles. The monoisotopic (exact) mass is 388 g/mol. The van der Waals surface area contributed by atoms with Crippen molar-refractivity contribution in [2.75, 3.05) is 19.5 Å². The van der Waals surface area contributed by atoms with Gasteiger partial charge in [0.1, 0.15) is 5.82 Å². The number of anilines is 1. The number of aromatic nitrogens is 3. The first kappa shape index (κ1) is 18.5. The van der Waals surface area contributed by atoms with E-state index in [0.717, 1.165) is 11.4 Å². The minimum Gasteiger partial charge on any atom is -0.493 e. The Balaban J connectivity index is 1.51. The molecule has 1 N–H and O–H groups in total. The molecular formula is C22H20N4O3. The number of methoxy groups -OCH3 is 2. The summed E-state index contributed by atoms with van der Waals surface area (Å²) in [5.41, 5.74) is 2.61. The van der Waals surface area contributed by atoms with Crippen LogP contribution in [-0.4, -0.2) is 29.3 Å². The molecule has 2 heterocycles. The van der Waals surface area contributed by atoms with Crippen molar-refractivity contribution in [3.8, 4) is 34.3 Å². The fourth-order valence-corrected chi connectivity index (χ4v) is 2.93. The van der Waals surface area contributed by atoms with Crippen molar-refractivity contribution in [2.45, 2.75) is 6.54 Å². The average molecular weight is 388 g/mol. The smallest absolute Gasteiger partial charge is 0.259 e. The third kappa shape index (κ3) is 4.03. The molecule has 2 aromatic carbocycles. The second-order valence-electron chi connectivity index (χ2n) is 6.24. The van der Waals surface area contributed by atoms with Crippen LogP contribution in [0.15, 0.2) is 71.4 Å². The molecule has 0 amide bonds. The predicted molar refractivity (Wildman–Crippen MR) is 110 cm³/mol. The molecule has 0 saturated carbocycles. The Morgan fingerprint density at radius 3 is 2.52 bits per heavy atom. The molecule has 7 heteroatoms. The first-order chi connectivity index (χ1) is 14.3. The van der Waals surface area contributed by atoms with Crippen LogP contribution in [0.2, 0.25) is 0 Å². The van der Waals surface area contributed by atoms with Crippen LogP contribution in [0.25, 0.3) is 22.8 Å². The number of hydrogen-bond donors (Lipinski definition) is 1. The molecule has 7 nitrogen and oxygen atoms in total. The summed E-state index contributed by atoms with van der Waals surface area (Å²) in [7, 11) is 3.16. The highest BCUT2D eigenvalue weighted by atomic mass is 16.5. The van der Waals surface area contributed by atoms with Gasteiger partial charge in [-0.3, -0.25) is 0 Å². The summed E-state index contributed by atoms with van der Waals surface area (Å²) in [6.45, 7) is 0.702. The second kappa shape index (κ2) is 8.43. The molecule has 2 aromatic heterocycles. The quantitative estimate of drug-likeness (QED) is 0.501. The molecule has 0 bridgehead atoms. The third-order valence-corrected chi connectivity index (χ3v) is 4.40. The maximum absolute atomic E-state index is 5.45. The zero-order valence-electron chi connectivity index (χ0n) is 16.1. The number of ether oxygens (including phenoxy) is 2. The van der Waals surface area contributed by atoms with Gasteiger partial charge in [-0.2, -0.15) is 4.98 Å². The normalized spacial score (nSPS) is 10.6. The van der Waals surface area contributed by atoms with E-state index in [1.807, 2.05) is 48.5 Å². The molecule has 4 rings (SSSR count). The largest absolute Gasteiger partial charge is 0.493 e. The Hall–Kier alpha value is -3.87. The lowest BCUT2D eigenvalue weighted by molar-refractivity contribution is 0.355. The molecule has 0 unspecified atom stereocenters. The molecule has 0 aliphatic rings. The van der Waals surface area contributed by atoms with Crippen LogP contribution in [0, 0.1) is 0 Å². The summed E-state index contributed by atoms with van der Waals surface area (Å²) >= 11 is 0. The van der Waals surface area contributed by atoms with Gasteiger partial charge in [0.05, 0.1) is 25.3 Å². The Labute approximate surface area is 168 Å². The first-order valence-corrected chi connectivity index (χ1v) is 9.08. The summed E-state index contributed by atoms with van der Waals surface area (Å²) in [4.78, 5) is 8.91. The molecule has 0 atom stereocenters. The fourth-order valence-electron chi connectivity index (χ4n) is 2.93. The highest BCUT2D eigenvalue weighted by molar-refractivity contribution is 5.69. The number of rotatable bonds is 7. The minimum absolute atomic E-state index is 0.381. The molecule has 4 aromatic rings. The Morgan fingerprint density at radius 2 is 1.79 bits per heavy atom. The molecule has 0 saturated heterocycles. The maximum atomic E-state index is 5.45. The Bertz CT molecular complexity index is 1080. The van der Waals surface area contributed by atoms with E-state index in [9.17, 15) is 0 Å². The van der Waals surface area contributed by atoms with Gasteiger partial charge in [0, 0.05) is 12.7 Å². The van der Waals surface area contributed by atoms with E-state index in [-0.39, 0.29) is 0 Å². The summed E-state index contributed by atoms with van der Waals surface area (Å²) in [5.74, 6) is 2.73. The van der Waals surface area contributed by atoms with Gasteiger partial charge in [-0.05, 0) is 29.8 Å². The van der Waals surface area contributed by atoms with E-state index in [0.29, 0.717) is 35.3 Å². The second-order valence-corrected chi connectivity index (χ2v) is 6.24. The van der Waals surface area contributed by atoms with Gasteiger partial charge in [0.2, 0.25) is 5.82 Å². The molecule has 0 aliphatic heterocycles. The van der Waals surface area contributed by atoms with E-state index in [1.165, 1.54) is 5.56 Å². The standard InChI is InChI=1S/C22H20N4O3/c1-27-18-10-6-9-17(20(18)28-2)21-25-22(29-26-21)16-11-12-19(24-14-16)23-13-15-7-4-3-5-8-15/h3-12,14H,13H2,1-2H3,(H,23,24). The summed E-state index contributed by atoms with van der Waals surface area (Å²) < 4.78 is 16.2. The van der Waals surface area contributed by atoms with Gasteiger partial charge in [-0.25, -0.2) is 4.98 Å². The van der Waals surface area contributed by atoms with Gasteiger partial charge >= 0.3 is 0 Å². The van der Waals surface area contributed by atoms with E-state index in [1.54, 1.807) is 20.4 Å². The zero-order valence-corrected chi connectivity index (χ0v) is 16.1. The van der Waals surface area contributed by atoms with Crippen LogP contribution < -0.4 is 14.8 Å². The fraction of sp³-hybridized carbons (Fsp3) is 0.136. The van der Waals surface area contributed by atoms with Gasteiger partial charge in [-0.1, -0.05) is 41.6 Å². The van der Waals surface area contributed by atoms with Crippen LogP contribution in [0.3, 0.4) is 0 Å². The topological polar surface area (TPSA) is 82.3 Å². The zero-order chi connectivity index (χ0) is 20.1. The van der Waals surface area contributed by atoms with Gasteiger partial charge in [0.15, 0.2) is 11.5 Å². The van der Waals surface area contributed by atoms with Crippen LogP contribution in [0.4, 0.5) is 5.82 Å². The lowest BCUT2D eigenvalue weighted by atomic mass is 10.1. The molecule has 29 heavy (non-hydrogen) atoms. The van der Waals surface area contributed by atoms with E-state index in [4.69, 9.17) is 14.0 Å². The molecule has 146 valence electrons. The Morgan fingerprint density at radius 1 is 0.931 bits per heavy atom. The summed E-state index contributed by atoms with van der Waals surface area (Å²) in [5, 5.41) is 7.37. The number of nitrogens with one attached hydrogen (secondary N) is 1. The third-order valence-electron chi connectivity index (χ3n) is 4.40. The predicted octanol–water partition coefficient (Wildman–Crippen LogP) is 4.43. The van der Waals surface area contributed by atoms with Crippen molar-refractivity contribution in [3.05, 3.63) is 72.4 Å². The van der Waals surface area contributed by atoms with Gasteiger partial charge < -0.3 is 19.3 Å². The van der Waals surface area contributed by atoms with Gasteiger partial charge in [0.25, 0.3) is 5.89 Å². The van der Waals surface area contributed by atoms with Crippen LogP contribution in [0.1, 0.15) is 5.56 Å². The molecule has 0 spiro atoms. The van der Waals surface area contributed by atoms with Crippen molar-refractivity contribution < 1.29 is 14.0 Å². The molecule has 0 fully saturated rings. The number of hydrogen-bond acceptors (Lipinski definition) is 7. The lowest BCUT2D eigenvalue weighted by Crippen LogP contribution is -2.00. The van der Waals surface area contributed by atoms with Crippen molar-refractivity contribution in [1.82, 2.24) is 15.1 Å².